The predicted octanol–water partition coefficient (Wildman–Crippen LogP) is 4.69. The van der Waals surface area contributed by atoms with E-state index in [1.54, 1.807) is 60.7 Å². The van der Waals surface area contributed by atoms with Gasteiger partial charge in [0.15, 0.2) is 0 Å². The highest BCUT2D eigenvalue weighted by atomic mass is 35.5. The zero-order valence-corrected chi connectivity index (χ0v) is 19.9. The highest BCUT2D eigenvalue weighted by Gasteiger charge is 2.42. The molecule has 1 N–H and O–H groups in total. The predicted molar refractivity (Wildman–Crippen MR) is 135 cm³/mol. The zero-order chi connectivity index (χ0) is 23.8. The van der Waals surface area contributed by atoms with Gasteiger partial charge in [0, 0.05) is 16.3 Å². The molecular weight excluding hydrogens is 494 g/mol. The van der Waals surface area contributed by atoms with Crippen LogP contribution in [0.5, 0.6) is 0 Å². The number of thioether (sulfide) groups is 1. The summed E-state index contributed by atoms with van der Waals surface area (Å²) in [7, 11) is 0. The molecule has 2 aliphatic heterocycles. The fraction of sp³-hybridized carbons (Fsp3) is 0.0833. The molecule has 0 bridgehead atoms. The number of carbonyl (C=O) groups is 3. The molecule has 7 nitrogen and oxygen atoms in total. The van der Waals surface area contributed by atoms with Gasteiger partial charge in [-0.15, -0.1) is 0 Å². The van der Waals surface area contributed by atoms with Gasteiger partial charge in [0.1, 0.15) is 16.6 Å². The Kier molecular flexibility index (Phi) is 5.99. The Hall–Kier alpha value is -3.40. The zero-order valence-electron chi connectivity index (χ0n) is 17.5. The van der Waals surface area contributed by atoms with Crippen molar-refractivity contribution in [3.8, 4) is 0 Å². The summed E-state index contributed by atoms with van der Waals surface area (Å²) in [6, 6.07) is 17.2. The van der Waals surface area contributed by atoms with Crippen LogP contribution in [0.15, 0.2) is 76.2 Å². The Labute approximate surface area is 209 Å². The van der Waals surface area contributed by atoms with Crippen LogP contribution < -0.4 is 10.2 Å². The summed E-state index contributed by atoms with van der Waals surface area (Å²) >= 11 is 12.4. The van der Waals surface area contributed by atoms with Gasteiger partial charge < -0.3 is 9.73 Å². The molecule has 2 aliphatic rings. The van der Waals surface area contributed by atoms with Gasteiger partial charge >= 0.3 is 0 Å². The first-order valence-electron chi connectivity index (χ1n) is 10.2. The Morgan fingerprint density at radius 1 is 1.00 bits per heavy atom. The number of hydrogen-bond acceptors (Lipinski definition) is 6. The second-order valence-corrected chi connectivity index (χ2v) is 9.59. The van der Waals surface area contributed by atoms with Gasteiger partial charge in [-0.05, 0) is 42.5 Å². The fourth-order valence-electron chi connectivity index (χ4n) is 3.78. The van der Waals surface area contributed by atoms with Crippen molar-refractivity contribution < 1.29 is 18.8 Å². The molecule has 3 heterocycles. The summed E-state index contributed by atoms with van der Waals surface area (Å²) in [6.45, 7) is -0.0356. The van der Waals surface area contributed by atoms with Crippen LogP contribution >= 0.6 is 35.6 Å². The maximum absolute atomic E-state index is 13.5. The van der Waals surface area contributed by atoms with Crippen LogP contribution in [0.2, 0.25) is 5.02 Å². The van der Waals surface area contributed by atoms with E-state index in [1.807, 2.05) is 0 Å². The number of rotatable bonds is 5. The summed E-state index contributed by atoms with van der Waals surface area (Å²) < 4.78 is 5.68. The van der Waals surface area contributed by atoms with Crippen LogP contribution in [0.25, 0.3) is 5.57 Å². The van der Waals surface area contributed by atoms with Crippen molar-refractivity contribution in [1.29, 1.82) is 0 Å². The number of nitrogens with one attached hydrogen (secondary N) is 1. The third-order valence-corrected chi connectivity index (χ3v) is 7.02. The topological polar surface area (TPSA) is 82.9 Å². The minimum atomic E-state index is -0.425. The van der Waals surface area contributed by atoms with Crippen molar-refractivity contribution in [3.05, 3.63) is 88.2 Å². The molecule has 0 atom stereocenters. The lowest BCUT2D eigenvalue weighted by atomic mass is 10.1. The second kappa shape index (κ2) is 9.09. The molecule has 0 unspecified atom stereocenters. The van der Waals surface area contributed by atoms with E-state index in [0.29, 0.717) is 32.0 Å². The quantitative estimate of drug-likeness (QED) is 0.397. The molecule has 3 aromatic rings. The summed E-state index contributed by atoms with van der Waals surface area (Å²) in [5, 5.41) is 3.31. The van der Waals surface area contributed by atoms with Crippen LogP contribution in [-0.2, 0) is 20.9 Å². The van der Waals surface area contributed by atoms with Crippen molar-refractivity contribution in [1.82, 2.24) is 4.90 Å². The van der Waals surface area contributed by atoms with Gasteiger partial charge in [0.05, 0.1) is 29.0 Å². The van der Waals surface area contributed by atoms with Gasteiger partial charge in [-0.25, -0.2) is 0 Å². The summed E-state index contributed by atoms with van der Waals surface area (Å²) in [4.78, 5) is 42.5. The lowest BCUT2D eigenvalue weighted by molar-refractivity contribution is -0.123. The van der Waals surface area contributed by atoms with Crippen LogP contribution in [0, 0.1) is 0 Å². The largest absolute Gasteiger partial charge is 0.467 e. The minimum Gasteiger partial charge on any atom is -0.467 e. The number of thiocarbonyl (C=S) groups is 1. The molecule has 170 valence electrons. The van der Waals surface area contributed by atoms with Gasteiger partial charge in [-0.3, -0.25) is 24.2 Å². The molecule has 0 aliphatic carbocycles. The molecule has 1 aromatic heterocycles. The molecule has 2 aromatic carbocycles. The average molecular weight is 510 g/mol. The van der Waals surface area contributed by atoms with E-state index < -0.39 is 5.91 Å². The Balaban J connectivity index is 1.43. The molecule has 10 heteroatoms. The van der Waals surface area contributed by atoms with Gasteiger partial charge in [0.25, 0.3) is 11.8 Å². The fourth-order valence-corrected chi connectivity index (χ4v) is 5.23. The highest BCUT2D eigenvalue weighted by molar-refractivity contribution is 8.26. The number of furan rings is 1. The van der Waals surface area contributed by atoms with E-state index in [0.717, 1.165) is 11.8 Å². The van der Waals surface area contributed by atoms with Crippen molar-refractivity contribution in [2.24, 2.45) is 0 Å². The van der Waals surface area contributed by atoms with Crippen molar-refractivity contribution in [2.45, 2.75) is 6.54 Å². The number of para-hydroxylation sites is 1. The normalized spacial score (nSPS) is 17.5. The number of fused-ring (bicyclic) bond motifs is 1. The van der Waals surface area contributed by atoms with Gasteiger partial charge in [-0.2, -0.15) is 0 Å². The van der Waals surface area contributed by atoms with Crippen LogP contribution in [0.3, 0.4) is 0 Å². The number of amides is 3. The monoisotopic (exact) mass is 509 g/mol. The molecule has 0 radical (unpaired) electrons. The third kappa shape index (κ3) is 4.13. The van der Waals surface area contributed by atoms with E-state index >= 15 is 0 Å². The Morgan fingerprint density at radius 2 is 1.76 bits per heavy atom. The molecule has 3 amide bonds. The smallest absolute Gasteiger partial charge is 0.267 e. The van der Waals surface area contributed by atoms with Crippen LogP contribution in [0.4, 0.5) is 11.4 Å². The van der Waals surface area contributed by atoms with Crippen molar-refractivity contribution in [3.63, 3.8) is 0 Å². The van der Waals surface area contributed by atoms with Gasteiger partial charge in [-0.1, -0.05) is 53.8 Å². The molecule has 34 heavy (non-hydrogen) atoms. The maximum Gasteiger partial charge on any atom is 0.267 e. The standard InChI is InChI=1S/C24H16ClN3O4S2/c25-14-7-9-15(10-8-14)26-19(29)13-27-18-6-2-1-5-17(18)20(22(27)30)21-23(31)28(24(33)34-21)12-16-4-3-11-32-16/h1-11H,12-13H2,(H,26,29)/b21-20-. The molecule has 5 rings (SSSR count). The average Bonchev–Trinajstić information content (AvgIpc) is 3.50. The lowest BCUT2D eigenvalue weighted by Gasteiger charge is -2.16. The molecule has 0 saturated carbocycles. The Morgan fingerprint density at radius 3 is 2.50 bits per heavy atom. The van der Waals surface area contributed by atoms with E-state index in [2.05, 4.69) is 5.32 Å². The molecular formula is C24H16ClN3O4S2. The second-order valence-electron chi connectivity index (χ2n) is 7.51. The number of anilines is 2. The SMILES string of the molecule is O=C(CN1C(=O)/C(=C2\SC(=S)N(Cc3ccco3)C2=O)c2ccccc21)Nc1ccc(Cl)cc1. The van der Waals surface area contributed by atoms with E-state index in [9.17, 15) is 14.4 Å². The first kappa shape index (κ1) is 22.4. The molecule has 0 spiro atoms. The minimum absolute atomic E-state index is 0.178. The number of carbonyl (C=O) groups excluding carboxylic acids is 3. The number of nitrogens with zero attached hydrogens (tertiary/aromatic N) is 2. The number of benzene rings is 2. The molecule has 1 saturated heterocycles. The third-order valence-electron chi connectivity index (χ3n) is 5.32. The van der Waals surface area contributed by atoms with E-state index in [-0.39, 0.29) is 35.4 Å². The first-order chi connectivity index (χ1) is 16.4. The lowest BCUT2D eigenvalue weighted by Crippen LogP contribution is -2.35. The van der Waals surface area contributed by atoms with Crippen LogP contribution in [-0.4, -0.2) is 33.5 Å². The highest BCUT2D eigenvalue weighted by Crippen LogP contribution is 2.44. The van der Waals surface area contributed by atoms with Gasteiger partial charge in [0.2, 0.25) is 5.91 Å². The maximum atomic E-state index is 13.5. The number of halogens is 1. The summed E-state index contributed by atoms with van der Waals surface area (Å²) in [5.74, 6) is -0.582. The van der Waals surface area contributed by atoms with Crippen molar-refractivity contribution in [2.75, 3.05) is 16.8 Å². The Bertz CT molecular complexity index is 1350. The van der Waals surface area contributed by atoms with E-state index in [4.69, 9.17) is 28.2 Å². The van der Waals surface area contributed by atoms with E-state index in [1.165, 1.54) is 16.1 Å². The summed E-state index contributed by atoms with van der Waals surface area (Å²) in [6.07, 6.45) is 1.52. The summed E-state index contributed by atoms with van der Waals surface area (Å²) in [5.41, 5.74) is 1.96. The first-order valence-corrected chi connectivity index (χ1v) is 11.8. The number of hydrogen-bond donors (Lipinski definition) is 1. The van der Waals surface area contributed by atoms with Crippen LogP contribution in [0.1, 0.15) is 11.3 Å². The molecule has 1 fully saturated rings. The van der Waals surface area contributed by atoms with Crippen molar-refractivity contribution >= 4 is 74.6 Å².